The van der Waals surface area contributed by atoms with Crippen molar-refractivity contribution in [2.24, 2.45) is 0 Å². The largest absolute Gasteiger partial charge is 0.508 e. The van der Waals surface area contributed by atoms with Crippen molar-refractivity contribution in [2.75, 3.05) is 6.61 Å². The summed E-state index contributed by atoms with van der Waals surface area (Å²) in [5.41, 5.74) is 1.86. The number of aliphatic carboxylic acids is 1. The fourth-order valence-electron chi connectivity index (χ4n) is 3.65. The molecule has 0 amide bonds. The Bertz CT molecular complexity index is 848. The lowest BCUT2D eigenvalue weighted by Gasteiger charge is -2.16. The predicted octanol–water partition coefficient (Wildman–Crippen LogP) is 3.55. The first kappa shape index (κ1) is 15.7. The standard InChI is InChI=1S/C19H17FO5/c20-14-4-5-15(21)13-3-6-16(19(13)14)25-11-1-2-12-10(7-18(22)23)9-24-17(12)8-11/h1-2,4-5,8,10,16,21H,3,6-7,9H2,(H,22,23)/t10-,16-/m1/s1. The minimum absolute atomic E-state index is 0.0215. The van der Waals surface area contributed by atoms with Crippen molar-refractivity contribution in [3.63, 3.8) is 0 Å². The van der Waals surface area contributed by atoms with Crippen LogP contribution in [0.3, 0.4) is 0 Å². The van der Waals surface area contributed by atoms with Crippen molar-refractivity contribution >= 4 is 5.97 Å². The molecule has 25 heavy (non-hydrogen) atoms. The molecule has 2 atom stereocenters. The van der Waals surface area contributed by atoms with Gasteiger partial charge in [0, 0.05) is 28.7 Å². The van der Waals surface area contributed by atoms with Crippen LogP contribution in [0.2, 0.25) is 0 Å². The molecule has 6 heteroatoms. The zero-order valence-electron chi connectivity index (χ0n) is 13.4. The van der Waals surface area contributed by atoms with E-state index in [0.717, 1.165) is 5.56 Å². The van der Waals surface area contributed by atoms with Crippen molar-refractivity contribution in [3.05, 3.63) is 52.8 Å². The maximum Gasteiger partial charge on any atom is 0.304 e. The van der Waals surface area contributed by atoms with Gasteiger partial charge in [0.25, 0.3) is 0 Å². The second-order valence-corrected chi connectivity index (χ2v) is 6.41. The minimum Gasteiger partial charge on any atom is -0.508 e. The molecule has 130 valence electrons. The smallest absolute Gasteiger partial charge is 0.304 e. The van der Waals surface area contributed by atoms with E-state index < -0.39 is 12.1 Å². The van der Waals surface area contributed by atoms with Gasteiger partial charge in [0.15, 0.2) is 0 Å². The maximum atomic E-state index is 14.1. The van der Waals surface area contributed by atoms with Crippen LogP contribution in [0.1, 0.15) is 41.6 Å². The summed E-state index contributed by atoms with van der Waals surface area (Å²) in [7, 11) is 0. The lowest BCUT2D eigenvalue weighted by molar-refractivity contribution is -0.137. The van der Waals surface area contributed by atoms with Gasteiger partial charge >= 0.3 is 5.97 Å². The van der Waals surface area contributed by atoms with Crippen LogP contribution in [0.5, 0.6) is 17.2 Å². The third-order valence-electron chi connectivity index (χ3n) is 4.82. The molecule has 5 nitrogen and oxygen atoms in total. The fourth-order valence-corrected chi connectivity index (χ4v) is 3.65. The highest BCUT2D eigenvalue weighted by molar-refractivity contribution is 5.68. The Balaban J connectivity index is 1.57. The number of aromatic hydroxyl groups is 1. The van der Waals surface area contributed by atoms with Crippen molar-refractivity contribution < 1.29 is 28.9 Å². The molecule has 0 radical (unpaired) electrons. The summed E-state index contributed by atoms with van der Waals surface area (Å²) in [5, 5.41) is 18.8. The highest BCUT2D eigenvalue weighted by Crippen LogP contribution is 2.43. The first-order valence-corrected chi connectivity index (χ1v) is 8.18. The summed E-state index contributed by atoms with van der Waals surface area (Å²) in [6.07, 6.45) is 0.708. The number of hydrogen-bond donors (Lipinski definition) is 2. The average Bonchev–Trinajstić information content (AvgIpc) is 3.16. The van der Waals surface area contributed by atoms with Gasteiger partial charge < -0.3 is 19.7 Å². The first-order valence-electron chi connectivity index (χ1n) is 8.18. The number of carboxylic acids is 1. The van der Waals surface area contributed by atoms with E-state index in [4.69, 9.17) is 14.6 Å². The third-order valence-corrected chi connectivity index (χ3v) is 4.82. The molecule has 4 rings (SSSR count). The number of ether oxygens (including phenoxy) is 2. The molecule has 0 fully saturated rings. The van der Waals surface area contributed by atoms with Gasteiger partial charge in [-0.3, -0.25) is 4.79 Å². The van der Waals surface area contributed by atoms with Gasteiger partial charge in [-0.25, -0.2) is 4.39 Å². The number of benzene rings is 2. The second-order valence-electron chi connectivity index (χ2n) is 6.41. The molecule has 0 saturated heterocycles. The van der Waals surface area contributed by atoms with E-state index in [9.17, 15) is 14.3 Å². The van der Waals surface area contributed by atoms with E-state index in [-0.39, 0.29) is 23.9 Å². The van der Waals surface area contributed by atoms with Crippen LogP contribution in [-0.4, -0.2) is 22.8 Å². The normalized spacial score (nSPS) is 20.7. The van der Waals surface area contributed by atoms with Crippen molar-refractivity contribution in [3.8, 4) is 17.2 Å². The van der Waals surface area contributed by atoms with Gasteiger partial charge in [-0.2, -0.15) is 0 Å². The Morgan fingerprint density at radius 2 is 2.16 bits per heavy atom. The molecule has 1 aliphatic heterocycles. The van der Waals surface area contributed by atoms with Gasteiger partial charge in [-0.1, -0.05) is 6.07 Å². The fraction of sp³-hybridized carbons (Fsp3) is 0.316. The lowest BCUT2D eigenvalue weighted by Crippen LogP contribution is -2.07. The monoisotopic (exact) mass is 344 g/mol. The van der Waals surface area contributed by atoms with Crippen LogP contribution in [0.25, 0.3) is 0 Å². The van der Waals surface area contributed by atoms with Crippen molar-refractivity contribution in [1.29, 1.82) is 0 Å². The number of fused-ring (bicyclic) bond motifs is 2. The number of halogens is 1. The van der Waals surface area contributed by atoms with Gasteiger partial charge in [0.2, 0.25) is 0 Å². The Hall–Kier alpha value is -2.76. The molecule has 2 aromatic carbocycles. The molecule has 0 saturated carbocycles. The summed E-state index contributed by atoms with van der Waals surface area (Å²) in [6.45, 7) is 0.333. The Kier molecular flexibility index (Phi) is 3.75. The van der Waals surface area contributed by atoms with Crippen LogP contribution in [0.4, 0.5) is 4.39 Å². The lowest BCUT2D eigenvalue weighted by atomic mass is 9.98. The third kappa shape index (κ3) is 2.77. The van der Waals surface area contributed by atoms with Gasteiger partial charge in [0.1, 0.15) is 29.2 Å². The summed E-state index contributed by atoms with van der Waals surface area (Å²) >= 11 is 0. The van der Waals surface area contributed by atoms with E-state index in [2.05, 4.69) is 0 Å². The van der Waals surface area contributed by atoms with Crippen molar-refractivity contribution in [1.82, 2.24) is 0 Å². The zero-order chi connectivity index (χ0) is 17.6. The van der Waals surface area contributed by atoms with E-state index in [1.54, 1.807) is 18.2 Å². The average molecular weight is 344 g/mol. The molecular formula is C19H17FO5. The molecule has 1 heterocycles. The molecule has 0 aromatic heterocycles. The van der Waals surface area contributed by atoms with Gasteiger partial charge in [-0.15, -0.1) is 0 Å². The number of carbonyl (C=O) groups is 1. The van der Waals surface area contributed by atoms with E-state index >= 15 is 0 Å². The van der Waals surface area contributed by atoms with Crippen molar-refractivity contribution in [2.45, 2.75) is 31.3 Å². The van der Waals surface area contributed by atoms with E-state index in [1.807, 2.05) is 0 Å². The van der Waals surface area contributed by atoms with Gasteiger partial charge in [-0.05, 0) is 31.0 Å². The molecule has 2 aliphatic rings. The topological polar surface area (TPSA) is 76.0 Å². The molecular weight excluding hydrogens is 327 g/mol. The van der Waals surface area contributed by atoms with Crippen LogP contribution in [0.15, 0.2) is 30.3 Å². The summed E-state index contributed by atoms with van der Waals surface area (Å²) in [4.78, 5) is 10.9. The van der Waals surface area contributed by atoms with Crippen LogP contribution in [0, 0.1) is 5.82 Å². The molecule has 1 aliphatic carbocycles. The number of phenolic OH excluding ortho intramolecular Hbond substituents is 1. The Morgan fingerprint density at radius 3 is 2.96 bits per heavy atom. The second kappa shape index (κ2) is 5.95. The molecule has 0 unspecified atom stereocenters. The van der Waals surface area contributed by atoms with Gasteiger partial charge in [0.05, 0.1) is 13.0 Å². The predicted molar refractivity (Wildman–Crippen MR) is 86.7 cm³/mol. The number of phenols is 1. The maximum absolute atomic E-state index is 14.1. The Labute approximate surface area is 143 Å². The minimum atomic E-state index is -0.861. The van der Waals surface area contributed by atoms with E-state index in [1.165, 1.54) is 12.1 Å². The Morgan fingerprint density at radius 1 is 1.32 bits per heavy atom. The number of rotatable bonds is 4. The van der Waals surface area contributed by atoms with Crippen LogP contribution in [-0.2, 0) is 11.2 Å². The van der Waals surface area contributed by atoms with Crippen LogP contribution >= 0.6 is 0 Å². The molecule has 2 N–H and O–H groups in total. The SMILES string of the molecule is O=C(O)C[C@@H]1COc2cc(O[C@@H]3CCc4c(O)ccc(F)c43)ccc21. The molecule has 2 aromatic rings. The quantitative estimate of drug-likeness (QED) is 0.887. The highest BCUT2D eigenvalue weighted by atomic mass is 19.1. The number of carboxylic acid groups (broad SMARTS) is 1. The summed E-state index contributed by atoms with van der Waals surface area (Å²) in [5.74, 6) is -0.165. The zero-order valence-corrected chi connectivity index (χ0v) is 13.4. The summed E-state index contributed by atoms with van der Waals surface area (Å²) < 4.78 is 25.6. The molecule has 0 spiro atoms. The summed E-state index contributed by atoms with van der Waals surface area (Å²) in [6, 6.07) is 7.89. The van der Waals surface area contributed by atoms with E-state index in [0.29, 0.717) is 42.1 Å². The highest BCUT2D eigenvalue weighted by Gasteiger charge is 2.31. The van der Waals surface area contributed by atoms with Crippen LogP contribution < -0.4 is 9.47 Å². The molecule has 0 bridgehead atoms. The first-order chi connectivity index (χ1) is 12.0. The number of hydrogen-bond acceptors (Lipinski definition) is 4.